The van der Waals surface area contributed by atoms with E-state index in [1.165, 1.54) is 32.5 Å². The minimum absolute atomic E-state index is 0.0318. The van der Waals surface area contributed by atoms with Crippen molar-refractivity contribution >= 4 is 46.0 Å². The van der Waals surface area contributed by atoms with Gasteiger partial charge in [0, 0.05) is 17.1 Å². The minimum Gasteiger partial charge on any atom is -0.456 e. The highest BCUT2D eigenvalue weighted by molar-refractivity contribution is 6.90. The maximum atomic E-state index is 6.53. The van der Waals surface area contributed by atoms with E-state index in [2.05, 4.69) is 95.9 Å². The van der Waals surface area contributed by atoms with E-state index in [9.17, 15) is 0 Å². The number of pyridine rings is 1. The molecule has 0 aliphatic rings. The number of furan rings is 1. The van der Waals surface area contributed by atoms with Crippen LogP contribution in [-0.2, 0) is 5.41 Å². The van der Waals surface area contributed by atoms with E-state index in [0.717, 1.165) is 27.8 Å². The van der Waals surface area contributed by atoms with Gasteiger partial charge in [-0.2, -0.15) is 0 Å². The van der Waals surface area contributed by atoms with Crippen molar-refractivity contribution in [3.63, 3.8) is 0 Å². The maximum Gasteiger partial charge on any atom is 0.139 e. The average Bonchev–Trinajstić information content (AvgIpc) is 3.09. The van der Waals surface area contributed by atoms with Crippen LogP contribution >= 0.6 is 0 Å². The Morgan fingerprint density at radius 2 is 1.62 bits per heavy atom. The molecule has 0 radical (unpaired) electrons. The monoisotopic (exact) mass is 437 g/mol. The van der Waals surface area contributed by atoms with Crippen LogP contribution < -0.4 is 5.19 Å². The number of rotatable bonds is 2. The van der Waals surface area contributed by atoms with Gasteiger partial charge in [-0.15, -0.1) is 0 Å². The molecule has 162 valence electrons. The number of hydrogen-bond acceptors (Lipinski definition) is 2. The molecule has 2 heterocycles. The van der Waals surface area contributed by atoms with Crippen molar-refractivity contribution < 1.29 is 4.42 Å². The van der Waals surface area contributed by atoms with Gasteiger partial charge in [0.25, 0.3) is 0 Å². The van der Waals surface area contributed by atoms with Gasteiger partial charge in [0.2, 0.25) is 0 Å². The van der Waals surface area contributed by atoms with E-state index in [4.69, 9.17) is 9.40 Å². The van der Waals surface area contributed by atoms with Crippen LogP contribution in [0.4, 0.5) is 0 Å². The smallest absolute Gasteiger partial charge is 0.139 e. The lowest BCUT2D eigenvalue weighted by Crippen LogP contribution is -2.39. The molecule has 5 rings (SSSR count). The molecular weight excluding hydrogens is 406 g/mol. The molecule has 0 N–H and O–H groups in total. The fourth-order valence-electron chi connectivity index (χ4n) is 5.10. The van der Waals surface area contributed by atoms with Crippen LogP contribution in [0, 0.1) is 6.92 Å². The summed E-state index contributed by atoms with van der Waals surface area (Å²) in [6, 6.07) is 19.8. The van der Waals surface area contributed by atoms with Crippen LogP contribution in [0.1, 0.15) is 31.9 Å². The average molecular weight is 438 g/mol. The maximum absolute atomic E-state index is 6.53. The van der Waals surface area contributed by atoms with E-state index >= 15 is 0 Å². The van der Waals surface area contributed by atoms with Crippen molar-refractivity contribution in [3.05, 3.63) is 71.9 Å². The van der Waals surface area contributed by atoms with Gasteiger partial charge in [-0.05, 0) is 57.6 Å². The van der Waals surface area contributed by atoms with Gasteiger partial charge in [0.15, 0.2) is 0 Å². The Bertz CT molecular complexity index is 1500. The summed E-state index contributed by atoms with van der Waals surface area (Å²) in [5.74, 6) is 0. The van der Waals surface area contributed by atoms with Crippen molar-refractivity contribution in [3.8, 4) is 11.3 Å². The lowest BCUT2D eigenvalue weighted by Gasteiger charge is -2.23. The molecule has 0 fully saturated rings. The molecule has 0 amide bonds. The zero-order valence-corrected chi connectivity index (χ0v) is 21.1. The summed E-state index contributed by atoms with van der Waals surface area (Å²) in [5, 5.41) is 6.27. The first-order valence-electron chi connectivity index (χ1n) is 11.4. The van der Waals surface area contributed by atoms with E-state index in [0.29, 0.717) is 0 Å². The molecule has 0 spiro atoms. The summed E-state index contributed by atoms with van der Waals surface area (Å²) in [4.78, 5) is 4.90. The second kappa shape index (κ2) is 7.04. The normalized spacial score (nSPS) is 12.8. The quantitative estimate of drug-likeness (QED) is 0.262. The van der Waals surface area contributed by atoms with Gasteiger partial charge in [-0.1, -0.05) is 76.8 Å². The van der Waals surface area contributed by atoms with Gasteiger partial charge in [0.05, 0.1) is 19.2 Å². The third-order valence-electron chi connectivity index (χ3n) is 6.45. The molecule has 5 aromatic rings. The van der Waals surface area contributed by atoms with Crippen molar-refractivity contribution in [2.45, 2.75) is 52.8 Å². The molecule has 3 aromatic carbocycles. The van der Waals surface area contributed by atoms with Gasteiger partial charge >= 0.3 is 0 Å². The third kappa shape index (κ3) is 3.27. The molecule has 0 unspecified atom stereocenters. The first-order chi connectivity index (χ1) is 15.1. The van der Waals surface area contributed by atoms with Crippen LogP contribution in [0.3, 0.4) is 0 Å². The standard InChI is InChI=1S/C29H31NOSi/c1-18-12-13-22-25-24(31-27(22)28(18)32(5,6)7)14-15-30-26(25)20-16-19-10-8-9-11-21(19)23(17-20)29(2,3)4/h8-17H,1-7H3. The molecule has 0 atom stereocenters. The molecule has 0 aliphatic carbocycles. The number of nitrogens with zero attached hydrogens (tertiary/aromatic N) is 1. The number of fused-ring (bicyclic) bond motifs is 4. The molecule has 2 nitrogen and oxygen atoms in total. The number of hydrogen-bond donors (Lipinski definition) is 0. The van der Waals surface area contributed by atoms with Gasteiger partial charge in [-0.25, -0.2) is 0 Å². The Hall–Kier alpha value is -2.91. The van der Waals surface area contributed by atoms with Crippen LogP contribution in [-0.4, -0.2) is 13.1 Å². The zero-order valence-electron chi connectivity index (χ0n) is 20.1. The fraction of sp³-hybridized carbons (Fsp3) is 0.276. The van der Waals surface area contributed by atoms with Crippen LogP contribution in [0.2, 0.25) is 19.6 Å². The first kappa shape index (κ1) is 21.0. The zero-order chi connectivity index (χ0) is 22.8. The molecule has 3 heteroatoms. The van der Waals surface area contributed by atoms with Crippen LogP contribution in [0.5, 0.6) is 0 Å². The summed E-state index contributed by atoms with van der Waals surface area (Å²) in [7, 11) is -1.59. The molecular formula is C29H31NOSi. The minimum atomic E-state index is -1.59. The number of aryl methyl sites for hydroxylation is 1. The Balaban J connectivity index is 1.89. The first-order valence-corrected chi connectivity index (χ1v) is 14.9. The summed E-state index contributed by atoms with van der Waals surface area (Å²) < 4.78 is 6.53. The van der Waals surface area contributed by atoms with Crippen molar-refractivity contribution in [2.24, 2.45) is 0 Å². The van der Waals surface area contributed by atoms with Crippen LogP contribution in [0.25, 0.3) is 44.0 Å². The SMILES string of the molecule is Cc1ccc2c(oc3ccnc(-c4cc(C(C)(C)C)c5ccccc5c4)c32)c1[Si](C)(C)C. The topological polar surface area (TPSA) is 26.0 Å². The highest BCUT2D eigenvalue weighted by Crippen LogP contribution is 2.39. The molecule has 32 heavy (non-hydrogen) atoms. The van der Waals surface area contributed by atoms with E-state index in [-0.39, 0.29) is 5.41 Å². The van der Waals surface area contributed by atoms with Gasteiger partial charge < -0.3 is 4.42 Å². The third-order valence-corrected chi connectivity index (χ3v) is 8.57. The Labute approximate surface area is 191 Å². The van der Waals surface area contributed by atoms with E-state index in [1.54, 1.807) is 0 Å². The predicted octanol–water partition coefficient (Wildman–Crippen LogP) is 7.95. The van der Waals surface area contributed by atoms with Crippen molar-refractivity contribution in [1.29, 1.82) is 0 Å². The Morgan fingerprint density at radius 1 is 0.875 bits per heavy atom. The fourth-order valence-corrected chi connectivity index (χ4v) is 7.24. The lowest BCUT2D eigenvalue weighted by atomic mass is 9.82. The van der Waals surface area contributed by atoms with Gasteiger partial charge in [-0.3, -0.25) is 4.98 Å². The van der Waals surface area contributed by atoms with Crippen LogP contribution in [0.15, 0.2) is 65.2 Å². The van der Waals surface area contributed by atoms with Crippen molar-refractivity contribution in [2.75, 3.05) is 0 Å². The van der Waals surface area contributed by atoms with Crippen molar-refractivity contribution in [1.82, 2.24) is 4.98 Å². The van der Waals surface area contributed by atoms with E-state index in [1.807, 2.05) is 12.3 Å². The molecule has 0 bridgehead atoms. The lowest BCUT2D eigenvalue weighted by molar-refractivity contribution is 0.596. The van der Waals surface area contributed by atoms with E-state index < -0.39 is 8.07 Å². The Kier molecular flexibility index (Phi) is 4.61. The largest absolute Gasteiger partial charge is 0.456 e. The second-order valence-electron chi connectivity index (χ2n) is 11.0. The summed E-state index contributed by atoms with van der Waals surface area (Å²) in [6.07, 6.45) is 1.88. The van der Waals surface area contributed by atoms with Gasteiger partial charge in [0.1, 0.15) is 11.2 Å². The summed E-state index contributed by atoms with van der Waals surface area (Å²) in [6.45, 7) is 16.2. The molecule has 0 aliphatic heterocycles. The summed E-state index contributed by atoms with van der Waals surface area (Å²) in [5.41, 5.74) is 6.82. The molecule has 0 saturated heterocycles. The Morgan fingerprint density at radius 3 is 2.34 bits per heavy atom. The predicted molar refractivity (Wildman–Crippen MR) is 141 cm³/mol. The summed E-state index contributed by atoms with van der Waals surface area (Å²) >= 11 is 0. The molecule has 0 saturated carbocycles. The number of benzene rings is 3. The molecule has 2 aromatic heterocycles. The highest BCUT2D eigenvalue weighted by Gasteiger charge is 2.26. The second-order valence-corrected chi connectivity index (χ2v) is 16.0. The highest BCUT2D eigenvalue weighted by atomic mass is 28.3. The number of aromatic nitrogens is 1.